The number of aromatic nitrogens is 1. The van der Waals surface area contributed by atoms with E-state index >= 15 is 0 Å². The Bertz CT molecular complexity index is 1250. The molecule has 0 fully saturated rings. The first-order valence-electron chi connectivity index (χ1n) is 11.6. The van der Waals surface area contributed by atoms with Crippen LogP contribution in [0.3, 0.4) is 0 Å². The van der Waals surface area contributed by atoms with Crippen LogP contribution in [0.4, 0.5) is 0 Å². The summed E-state index contributed by atoms with van der Waals surface area (Å²) in [5.41, 5.74) is 6.72. The van der Waals surface area contributed by atoms with Gasteiger partial charge in [-0.3, -0.25) is 4.79 Å². The summed E-state index contributed by atoms with van der Waals surface area (Å²) in [7, 11) is 0. The average Bonchev–Trinajstić information content (AvgIpc) is 3.32. The number of fused-ring (bicyclic) bond motifs is 1. The molecule has 3 nitrogen and oxygen atoms in total. The molecule has 0 unspecified atom stereocenters. The Kier molecular flexibility index (Phi) is 5.41. The number of amides is 1. The van der Waals surface area contributed by atoms with Crippen molar-refractivity contribution >= 4 is 5.91 Å². The standard InChI is InChI=1S/C30H30N2O/c1-30(2,3)26-17-15-24(16-18-26)28-27-10-7-19-31(27)20-21-32(28)29(33)25-13-11-23(12-14-25)22-8-5-4-6-9-22/h4-19,28H,20-21H2,1-3H3/t28-/m1/s1. The van der Waals surface area contributed by atoms with Gasteiger partial charge in [0.05, 0.1) is 6.04 Å². The number of carbonyl (C=O) groups is 1. The van der Waals surface area contributed by atoms with Gasteiger partial charge in [0.2, 0.25) is 0 Å². The Labute approximate surface area is 196 Å². The molecular formula is C30H30N2O. The number of benzene rings is 3. The maximum Gasteiger partial charge on any atom is 0.254 e. The van der Waals surface area contributed by atoms with E-state index in [1.54, 1.807) is 0 Å². The van der Waals surface area contributed by atoms with Gasteiger partial charge in [-0.25, -0.2) is 0 Å². The minimum absolute atomic E-state index is 0.0759. The fourth-order valence-electron chi connectivity index (χ4n) is 4.72. The zero-order valence-corrected chi connectivity index (χ0v) is 19.5. The molecule has 5 rings (SSSR count). The summed E-state index contributed by atoms with van der Waals surface area (Å²) < 4.78 is 2.27. The number of hydrogen-bond acceptors (Lipinski definition) is 1. The Hall–Kier alpha value is -3.59. The van der Waals surface area contributed by atoms with Crippen LogP contribution in [0.25, 0.3) is 11.1 Å². The summed E-state index contributed by atoms with van der Waals surface area (Å²) in [5.74, 6) is 0.0759. The molecule has 1 atom stereocenters. The van der Waals surface area contributed by atoms with Crippen LogP contribution in [-0.4, -0.2) is 21.9 Å². The molecule has 2 heterocycles. The van der Waals surface area contributed by atoms with Gasteiger partial charge in [-0.15, -0.1) is 0 Å². The highest BCUT2D eigenvalue weighted by Crippen LogP contribution is 2.35. The summed E-state index contributed by atoms with van der Waals surface area (Å²) in [4.78, 5) is 15.7. The predicted molar refractivity (Wildman–Crippen MR) is 134 cm³/mol. The second-order valence-electron chi connectivity index (χ2n) is 9.84. The molecule has 3 heteroatoms. The highest BCUT2D eigenvalue weighted by Gasteiger charge is 2.32. The molecule has 1 aliphatic rings. The summed E-state index contributed by atoms with van der Waals surface area (Å²) in [6, 6.07) is 31.2. The maximum atomic E-state index is 13.7. The molecule has 4 aromatic rings. The zero-order valence-electron chi connectivity index (χ0n) is 19.5. The smallest absolute Gasteiger partial charge is 0.254 e. The lowest BCUT2D eigenvalue weighted by atomic mass is 9.86. The number of carbonyl (C=O) groups excluding carboxylic acids is 1. The van der Waals surface area contributed by atoms with Gasteiger partial charge in [0.15, 0.2) is 0 Å². The fraction of sp³-hybridized carbons (Fsp3) is 0.233. The van der Waals surface area contributed by atoms with Crippen LogP contribution in [0.1, 0.15) is 54.0 Å². The zero-order chi connectivity index (χ0) is 23.0. The van der Waals surface area contributed by atoms with Crippen molar-refractivity contribution in [3.63, 3.8) is 0 Å². The molecule has 0 saturated heterocycles. The third-order valence-corrected chi connectivity index (χ3v) is 6.63. The SMILES string of the molecule is CC(C)(C)c1ccc([C@@H]2c3cccn3CCN2C(=O)c2ccc(-c3ccccc3)cc2)cc1. The van der Waals surface area contributed by atoms with Crippen LogP contribution in [0.15, 0.2) is 97.2 Å². The summed E-state index contributed by atoms with van der Waals surface area (Å²) in [6.07, 6.45) is 2.11. The van der Waals surface area contributed by atoms with Gasteiger partial charge in [0.1, 0.15) is 0 Å². The summed E-state index contributed by atoms with van der Waals surface area (Å²) in [6.45, 7) is 8.17. The first-order valence-corrected chi connectivity index (χ1v) is 11.6. The van der Waals surface area contributed by atoms with Crippen molar-refractivity contribution in [2.45, 2.75) is 38.8 Å². The second kappa shape index (κ2) is 8.40. The van der Waals surface area contributed by atoms with Crippen molar-refractivity contribution in [1.82, 2.24) is 9.47 Å². The van der Waals surface area contributed by atoms with Gasteiger partial charge in [-0.2, -0.15) is 0 Å². The third kappa shape index (κ3) is 4.11. The number of rotatable bonds is 3. The van der Waals surface area contributed by atoms with Crippen LogP contribution in [0.2, 0.25) is 0 Å². The molecule has 3 aromatic carbocycles. The van der Waals surface area contributed by atoms with Gasteiger partial charge in [0, 0.05) is 30.5 Å². The molecule has 166 valence electrons. The molecule has 0 radical (unpaired) electrons. The van der Waals surface area contributed by atoms with Crippen LogP contribution >= 0.6 is 0 Å². The largest absolute Gasteiger partial charge is 0.348 e. The molecular weight excluding hydrogens is 404 g/mol. The molecule has 0 bridgehead atoms. The third-order valence-electron chi connectivity index (χ3n) is 6.63. The highest BCUT2D eigenvalue weighted by molar-refractivity contribution is 5.95. The predicted octanol–water partition coefficient (Wildman–Crippen LogP) is 6.70. The molecule has 1 amide bonds. The van der Waals surface area contributed by atoms with Gasteiger partial charge in [-0.05, 0) is 51.9 Å². The summed E-state index contributed by atoms with van der Waals surface area (Å²) in [5, 5.41) is 0. The van der Waals surface area contributed by atoms with E-state index in [9.17, 15) is 4.79 Å². The van der Waals surface area contributed by atoms with E-state index in [0.717, 1.165) is 28.8 Å². The first kappa shape index (κ1) is 21.3. The monoisotopic (exact) mass is 434 g/mol. The molecule has 0 aliphatic carbocycles. The van der Waals surface area contributed by atoms with Gasteiger partial charge >= 0.3 is 0 Å². The van der Waals surface area contributed by atoms with E-state index < -0.39 is 0 Å². The molecule has 0 N–H and O–H groups in total. The van der Waals surface area contributed by atoms with E-state index in [0.29, 0.717) is 6.54 Å². The Morgan fingerprint density at radius 3 is 2.09 bits per heavy atom. The van der Waals surface area contributed by atoms with Crippen LogP contribution in [0.5, 0.6) is 0 Å². The quantitative estimate of drug-likeness (QED) is 0.352. The van der Waals surface area contributed by atoms with Gasteiger partial charge < -0.3 is 9.47 Å². The van der Waals surface area contributed by atoms with Crippen LogP contribution < -0.4 is 0 Å². The van der Waals surface area contributed by atoms with Crippen molar-refractivity contribution in [2.75, 3.05) is 6.54 Å². The Morgan fingerprint density at radius 1 is 0.758 bits per heavy atom. The van der Waals surface area contributed by atoms with Crippen molar-refractivity contribution in [1.29, 1.82) is 0 Å². The molecule has 1 aromatic heterocycles. The van der Waals surface area contributed by atoms with E-state index in [2.05, 4.69) is 80.1 Å². The van der Waals surface area contributed by atoms with E-state index in [-0.39, 0.29) is 17.4 Å². The van der Waals surface area contributed by atoms with Crippen LogP contribution in [0, 0.1) is 0 Å². The fourth-order valence-corrected chi connectivity index (χ4v) is 4.72. The van der Waals surface area contributed by atoms with Gasteiger partial charge in [0.25, 0.3) is 5.91 Å². The maximum absolute atomic E-state index is 13.7. The number of hydrogen-bond donors (Lipinski definition) is 0. The average molecular weight is 435 g/mol. The van der Waals surface area contributed by atoms with Crippen molar-refractivity contribution in [3.05, 3.63) is 120 Å². The van der Waals surface area contributed by atoms with Crippen molar-refractivity contribution in [2.24, 2.45) is 0 Å². The van der Waals surface area contributed by atoms with E-state index in [1.807, 2.05) is 47.4 Å². The second-order valence-corrected chi connectivity index (χ2v) is 9.84. The lowest BCUT2D eigenvalue weighted by Gasteiger charge is -2.37. The minimum atomic E-state index is -0.0935. The topological polar surface area (TPSA) is 25.2 Å². The van der Waals surface area contributed by atoms with Gasteiger partial charge in [-0.1, -0.05) is 87.5 Å². The lowest BCUT2D eigenvalue weighted by molar-refractivity contribution is 0.0664. The molecule has 1 aliphatic heterocycles. The minimum Gasteiger partial charge on any atom is -0.348 e. The molecule has 0 saturated carbocycles. The lowest BCUT2D eigenvalue weighted by Crippen LogP contribution is -2.42. The van der Waals surface area contributed by atoms with Crippen LogP contribution in [-0.2, 0) is 12.0 Å². The molecule has 33 heavy (non-hydrogen) atoms. The van der Waals surface area contributed by atoms with Crippen molar-refractivity contribution < 1.29 is 4.79 Å². The normalized spacial score (nSPS) is 15.8. The Morgan fingerprint density at radius 2 is 1.42 bits per heavy atom. The highest BCUT2D eigenvalue weighted by atomic mass is 16.2. The number of nitrogens with zero attached hydrogens (tertiary/aromatic N) is 2. The van der Waals surface area contributed by atoms with E-state index in [1.165, 1.54) is 11.3 Å². The first-order chi connectivity index (χ1) is 15.9. The molecule has 0 spiro atoms. The van der Waals surface area contributed by atoms with Crippen molar-refractivity contribution in [3.8, 4) is 11.1 Å². The Balaban J connectivity index is 1.48. The summed E-state index contributed by atoms with van der Waals surface area (Å²) >= 11 is 0. The van der Waals surface area contributed by atoms with E-state index in [4.69, 9.17) is 0 Å².